The van der Waals surface area contributed by atoms with Crippen molar-refractivity contribution in [3.63, 3.8) is 0 Å². The van der Waals surface area contributed by atoms with Gasteiger partial charge in [0, 0.05) is 35.4 Å². The third-order valence-corrected chi connectivity index (χ3v) is 9.25. The standard InChI is InChI=1S/C43H47ClN4O4/c1-52-39-25-23-38(24-26-39)48(42(33-10-4-2-5-11-33)34-12-6-3-7-13-34)27-9-8-14-40(43(51)46-37-21-17-32(30-49)18-22-37)47-41(50)29-36(45)28-31-15-19-35(44)20-16-31/h2-7,10-13,15-26,36,40,42,49H,8-9,14,27-30,45H2,1H3,(H,46,51)(H,47,50)/t36-,40?/m0/s1. The predicted octanol–water partition coefficient (Wildman–Crippen LogP) is 7.69. The number of unbranched alkanes of at least 4 members (excludes halogenated alkanes) is 1. The minimum Gasteiger partial charge on any atom is -0.497 e. The Balaban J connectivity index is 1.31. The van der Waals surface area contributed by atoms with Gasteiger partial charge in [-0.3, -0.25) is 9.59 Å². The number of carbonyl (C=O) groups is 2. The van der Waals surface area contributed by atoms with Crippen LogP contribution in [0.4, 0.5) is 11.4 Å². The van der Waals surface area contributed by atoms with E-state index in [-0.39, 0.29) is 30.9 Å². The second kappa shape index (κ2) is 19.5. The molecule has 0 aliphatic heterocycles. The van der Waals surface area contributed by atoms with Gasteiger partial charge in [-0.2, -0.15) is 0 Å². The van der Waals surface area contributed by atoms with Crippen LogP contribution >= 0.6 is 11.6 Å². The minimum absolute atomic E-state index is 0.0568. The van der Waals surface area contributed by atoms with E-state index in [1.807, 2.05) is 36.4 Å². The normalized spacial score (nSPS) is 12.2. The zero-order valence-corrected chi connectivity index (χ0v) is 30.2. The number of nitrogens with one attached hydrogen (secondary N) is 2. The Kier molecular flexibility index (Phi) is 14.3. The van der Waals surface area contributed by atoms with Gasteiger partial charge in [0.25, 0.3) is 0 Å². The van der Waals surface area contributed by atoms with Crippen LogP contribution in [-0.4, -0.2) is 42.7 Å². The molecule has 9 heteroatoms. The van der Waals surface area contributed by atoms with Crippen molar-refractivity contribution < 1.29 is 19.4 Å². The summed E-state index contributed by atoms with van der Waals surface area (Å²) in [6, 6.07) is 42.1. The number of methoxy groups -OCH3 is 1. The molecule has 5 aromatic carbocycles. The molecule has 0 heterocycles. The number of ether oxygens (including phenoxy) is 1. The monoisotopic (exact) mass is 718 g/mol. The van der Waals surface area contributed by atoms with Crippen LogP contribution in [0.5, 0.6) is 5.75 Å². The molecule has 0 saturated heterocycles. The molecule has 5 rings (SSSR count). The van der Waals surface area contributed by atoms with Crippen LogP contribution < -0.4 is 26.0 Å². The maximum atomic E-state index is 13.7. The second-order valence-corrected chi connectivity index (χ2v) is 13.3. The number of anilines is 2. The molecule has 0 aliphatic rings. The fraction of sp³-hybridized carbons (Fsp3) is 0.256. The lowest BCUT2D eigenvalue weighted by molar-refractivity contribution is -0.126. The largest absolute Gasteiger partial charge is 0.497 e. The van der Waals surface area contributed by atoms with Crippen molar-refractivity contribution in [2.45, 2.75) is 56.8 Å². The van der Waals surface area contributed by atoms with Crippen LogP contribution in [0.15, 0.2) is 133 Å². The summed E-state index contributed by atoms with van der Waals surface area (Å²) in [4.78, 5) is 29.3. The molecule has 0 aromatic heterocycles. The van der Waals surface area contributed by atoms with Crippen LogP contribution in [-0.2, 0) is 22.6 Å². The van der Waals surface area contributed by atoms with Crippen LogP contribution in [0.25, 0.3) is 0 Å². The lowest BCUT2D eigenvalue weighted by Crippen LogP contribution is -2.45. The molecule has 5 aromatic rings. The lowest BCUT2D eigenvalue weighted by atomic mass is 9.95. The first-order valence-corrected chi connectivity index (χ1v) is 18.0. The molecule has 0 spiro atoms. The van der Waals surface area contributed by atoms with Crippen LogP contribution in [0.3, 0.4) is 0 Å². The number of carbonyl (C=O) groups excluding carboxylic acids is 2. The number of benzene rings is 5. The highest BCUT2D eigenvalue weighted by Crippen LogP contribution is 2.34. The zero-order valence-electron chi connectivity index (χ0n) is 29.5. The van der Waals surface area contributed by atoms with E-state index in [1.54, 1.807) is 43.5 Å². The maximum absolute atomic E-state index is 13.7. The van der Waals surface area contributed by atoms with Crippen molar-refractivity contribution >= 4 is 34.8 Å². The number of hydrogen-bond donors (Lipinski definition) is 4. The van der Waals surface area contributed by atoms with E-state index in [0.717, 1.165) is 40.1 Å². The van der Waals surface area contributed by atoms with Gasteiger partial charge < -0.3 is 31.1 Å². The first-order chi connectivity index (χ1) is 25.3. The molecule has 0 radical (unpaired) electrons. The number of rotatable bonds is 18. The highest BCUT2D eigenvalue weighted by atomic mass is 35.5. The Morgan fingerprint density at radius 1 is 0.788 bits per heavy atom. The average Bonchev–Trinajstić information content (AvgIpc) is 3.17. The van der Waals surface area contributed by atoms with E-state index in [0.29, 0.717) is 36.5 Å². The Hall–Kier alpha value is -5.15. The van der Waals surface area contributed by atoms with Gasteiger partial charge in [-0.15, -0.1) is 0 Å². The number of aliphatic hydroxyl groups is 1. The van der Waals surface area contributed by atoms with E-state index in [2.05, 4.69) is 76.2 Å². The molecule has 52 heavy (non-hydrogen) atoms. The SMILES string of the molecule is COc1ccc(N(CCCCC(NC(=O)C[C@@H](N)Cc2ccc(Cl)cc2)C(=O)Nc2ccc(CO)cc2)C(c2ccccc2)c2ccccc2)cc1. The van der Waals surface area contributed by atoms with Gasteiger partial charge >= 0.3 is 0 Å². The summed E-state index contributed by atoms with van der Waals surface area (Å²) in [7, 11) is 1.66. The van der Waals surface area contributed by atoms with E-state index < -0.39 is 12.1 Å². The lowest BCUT2D eigenvalue weighted by Gasteiger charge is -2.35. The first-order valence-electron chi connectivity index (χ1n) is 17.6. The van der Waals surface area contributed by atoms with Gasteiger partial charge in [0.05, 0.1) is 19.8 Å². The summed E-state index contributed by atoms with van der Waals surface area (Å²) >= 11 is 6.02. The van der Waals surface area contributed by atoms with Gasteiger partial charge in [-0.05, 0) is 96.5 Å². The molecule has 5 N–H and O–H groups in total. The number of aliphatic hydroxyl groups excluding tert-OH is 1. The second-order valence-electron chi connectivity index (χ2n) is 12.9. The molecule has 0 bridgehead atoms. The van der Waals surface area contributed by atoms with Gasteiger partial charge in [0.1, 0.15) is 11.8 Å². The zero-order chi connectivity index (χ0) is 36.7. The molecule has 0 saturated carbocycles. The Bertz CT molecular complexity index is 1780. The Morgan fingerprint density at radius 2 is 1.38 bits per heavy atom. The fourth-order valence-corrected chi connectivity index (χ4v) is 6.44. The highest BCUT2D eigenvalue weighted by Gasteiger charge is 2.25. The van der Waals surface area contributed by atoms with Crippen molar-refractivity contribution in [3.05, 3.63) is 161 Å². The molecule has 0 aliphatic carbocycles. The first kappa shape index (κ1) is 38.1. The Labute approximate surface area is 311 Å². The van der Waals surface area contributed by atoms with Crippen LogP contribution in [0, 0.1) is 0 Å². The summed E-state index contributed by atoms with van der Waals surface area (Å²) in [5, 5.41) is 16.0. The molecule has 8 nitrogen and oxygen atoms in total. The van der Waals surface area contributed by atoms with Gasteiger partial charge in [-0.25, -0.2) is 0 Å². The van der Waals surface area contributed by atoms with Crippen molar-refractivity contribution in [3.8, 4) is 5.75 Å². The maximum Gasteiger partial charge on any atom is 0.246 e. The van der Waals surface area contributed by atoms with Crippen molar-refractivity contribution in [1.29, 1.82) is 0 Å². The molecule has 2 amide bonds. The van der Waals surface area contributed by atoms with Crippen molar-refractivity contribution in [2.75, 3.05) is 23.9 Å². The van der Waals surface area contributed by atoms with Gasteiger partial charge in [0.2, 0.25) is 11.8 Å². The number of halogens is 1. The highest BCUT2D eigenvalue weighted by molar-refractivity contribution is 6.30. The molecule has 2 atom stereocenters. The number of hydrogen-bond acceptors (Lipinski definition) is 6. The summed E-state index contributed by atoms with van der Waals surface area (Å²) in [6.45, 7) is 0.601. The summed E-state index contributed by atoms with van der Waals surface area (Å²) < 4.78 is 5.45. The third-order valence-electron chi connectivity index (χ3n) is 9.00. The molecule has 0 fully saturated rings. The van der Waals surface area contributed by atoms with Gasteiger partial charge in [0.15, 0.2) is 0 Å². The number of nitrogens with two attached hydrogens (primary N) is 1. The van der Waals surface area contributed by atoms with E-state index >= 15 is 0 Å². The van der Waals surface area contributed by atoms with Crippen molar-refractivity contribution in [2.24, 2.45) is 5.73 Å². The topological polar surface area (TPSA) is 117 Å². The molecular weight excluding hydrogens is 672 g/mol. The molecule has 1 unspecified atom stereocenters. The van der Waals surface area contributed by atoms with E-state index in [4.69, 9.17) is 22.1 Å². The van der Waals surface area contributed by atoms with Gasteiger partial charge in [-0.1, -0.05) is 96.5 Å². The number of nitrogens with zero attached hydrogens (tertiary/aromatic N) is 1. The third kappa shape index (κ3) is 11.2. The average molecular weight is 719 g/mol. The fourth-order valence-electron chi connectivity index (χ4n) is 6.31. The molecular formula is C43H47ClN4O4. The number of amides is 2. The van der Waals surface area contributed by atoms with E-state index in [1.165, 1.54) is 0 Å². The summed E-state index contributed by atoms with van der Waals surface area (Å²) in [6.07, 6.45) is 2.42. The molecule has 270 valence electrons. The summed E-state index contributed by atoms with van der Waals surface area (Å²) in [5.41, 5.74) is 12.0. The quantitative estimate of drug-likeness (QED) is 0.0691. The van der Waals surface area contributed by atoms with Crippen molar-refractivity contribution in [1.82, 2.24) is 5.32 Å². The summed E-state index contributed by atoms with van der Waals surface area (Å²) in [5.74, 6) is 0.184. The smallest absolute Gasteiger partial charge is 0.246 e. The minimum atomic E-state index is -0.777. The Morgan fingerprint density at radius 3 is 1.96 bits per heavy atom. The van der Waals surface area contributed by atoms with Crippen LogP contribution in [0.1, 0.15) is 54.0 Å². The predicted molar refractivity (Wildman–Crippen MR) is 210 cm³/mol. The van der Waals surface area contributed by atoms with E-state index in [9.17, 15) is 14.7 Å². The van der Waals surface area contributed by atoms with Crippen LogP contribution in [0.2, 0.25) is 5.02 Å².